The molecule has 2 aromatic rings. The molecule has 8 nitrogen and oxygen atoms in total. The molecule has 2 aromatic heterocycles. The van der Waals surface area contributed by atoms with Gasteiger partial charge in [-0.05, 0) is 11.6 Å². The zero-order valence-corrected chi connectivity index (χ0v) is 8.69. The Morgan fingerprint density at radius 2 is 2.38 bits per heavy atom. The number of carbonyl (C=O) groups is 1. The lowest BCUT2D eigenvalue weighted by Crippen LogP contribution is -2.14. The van der Waals surface area contributed by atoms with Gasteiger partial charge in [0.15, 0.2) is 5.82 Å². The van der Waals surface area contributed by atoms with Gasteiger partial charge in [-0.15, -0.1) is 10.2 Å². The number of nitrogens with zero attached hydrogens (tertiary/aromatic N) is 4. The van der Waals surface area contributed by atoms with Gasteiger partial charge in [0.25, 0.3) is 11.7 Å². The number of H-pyrrole nitrogens is 2. The number of amides is 1. The first-order valence-corrected chi connectivity index (χ1v) is 4.88. The van der Waals surface area contributed by atoms with Crippen molar-refractivity contribution in [1.29, 1.82) is 0 Å². The molecule has 0 radical (unpaired) electrons. The zero-order valence-electron chi connectivity index (χ0n) is 8.69. The molecule has 0 spiro atoms. The minimum absolute atomic E-state index is 0.0139. The summed E-state index contributed by atoms with van der Waals surface area (Å²) in [5, 5.41) is 21.9. The number of anilines is 1. The van der Waals surface area contributed by atoms with E-state index >= 15 is 0 Å². The van der Waals surface area contributed by atoms with Crippen LogP contribution in [0.3, 0.4) is 0 Å². The van der Waals surface area contributed by atoms with Crippen molar-refractivity contribution in [3.05, 3.63) is 17.6 Å². The van der Waals surface area contributed by atoms with Gasteiger partial charge in [-0.1, -0.05) is 13.3 Å². The number of carbonyl (C=O) groups excluding carboxylic acids is 1. The number of aryl methyl sites for hydroxylation is 1. The van der Waals surface area contributed by atoms with Gasteiger partial charge in [0.05, 0.1) is 0 Å². The predicted molar refractivity (Wildman–Crippen MR) is 54.7 cm³/mol. The summed E-state index contributed by atoms with van der Waals surface area (Å²) in [6.07, 6.45) is 1.91. The second-order valence-corrected chi connectivity index (χ2v) is 3.22. The molecular formula is C8H11N7O. The van der Waals surface area contributed by atoms with Gasteiger partial charge < -0.3 is 5.32 Å². The molecule has 0 unspecified atom stereocenters. The highest BCUT2D eigenvalue weighted by atomic mass is 16.2. The normalized spacial score (nSPS) is 10.3. The third-order valence-electron chi connectivity index (χ3n) is 1.94. The average Bonchev–Trinajstić information content (AvgIpc) is 2.89. The maximum atomic E-state index is 11.5. The summed E-state index contributed by atoms with van der Waals surface area (Å²) in [6.45, 7) is 2.07. The second kappa shape index (κ2) is 4.51. The number of tetrazole rings is 1. The van der Waals surface area contributed by atoms with E-state index in [0.29, 0.717) is 5.82 Å². The molecule has 0 atom stereocenters. The summed E-state index contributed by atoms with van der Waals surface area (Å²) in [6, 6.07) is 1.78. The summed E-state index contributed by atoms with van der Waals surface area (Å²) in [4.78, 5) is 11.5. The lowest BCUT2D eigenvalue weighted by atomic mass is 10.2. The molecule has 0 aliphatic carbocycles. The molecule has 16 heavy (non-hydrogen) atoms. The van der Waals surface area contributed by atoms with Crippen molar-refractivity contribution < 1.29 is 4.79 Å². The highest BCUT2D eigenvalue weighted by molar-refractivity contribution is 6.00. The van der Waals surface area contributed by atoms with Crippen LogP contribution in [0.1, 0.15) is 29.7 Å². The fraction of sp³-hybridized carbons (Fsp3) is 0.375. The Balaban J connectivity index is 2.01. The molecule has 3 N–H and O–H groups in total. The minimum Gasteiger partial charge on any atom is -0.302 e. The van der Waals surface area contributed by atoms with Crippen LogP contribution in [-0.2, 0) is 6.42 Å². The van der Waals surface area contributed by atoms with E-state index in [-0.39, 0.29) is 5.82 Å². The molecule has 84 valence electrons. The fourth-order valence-corrected chi connectivity index (χ4v) is 1.25. The van der Waals surface area contributed by atoms with Crippen LogP contribution in [-0.4, -0.2) is 36.7 Å². The molecule has 0 saturated carbocycles. The zero-order chi connectivity index (χ0) is 11.4. The van der Waals surface area contributed by atoms with Crippen LogP contribution in [0.4, 0.5) is 5.82 Å². The topological polar surface area (TPSA) is 112 Å². The molecule has 0 aromatic carbocycles. The second-order valence-electron chi connectivity index (χ2n) is 3.22. The largest absolute Gasteiger partial charge is 0.302 e. The van der Waals surface area contributed by atoms with Crippen molar-refractivity contribution in [2.75, 3.05) is 5.32 Å². The van der Waals surface area contributed by atoms with Crippen LogP contribution < -0.4 is 5.32 Å². The molecule has 0 saturated heterocycles. The number of rotatable bonds is 4. The van der Waals surface area contributed by atoms with Crippen LogP contribution in [0.2, 0.25) is 0 Å². The smallest absolute Gasteiger partial charge is 0.298 e. The van der Waals surface area contributed by atoms with Gasteiger partial charge in [0.1, 0.15) is 0 Å². The quantitative estimate of drug-likeness (QED) is 0.679. The summed E-state index contributed by atoms with van der Waals surface area (Å²) in [5.74, 6) is 0.00147. The van der Waals surface area contributed by atoms with Crippen LogP contribution in [0.25, 0.3) is 0 Å². The van der Waals surface area contributed by atoms with Crippen LogP contribution in [0.5, 0.6) is 0 Å². The Labute approximate surface area is 90.8 Å². The molecule has 2 rings (SSSR count). The lowest BCUT2D eigenvalue weighted by molar-refractivity contribution is 0.101. The summed E-state index contributed by atoms with van der Waals surface area (Å²) >= 11 is 0. The number of hydrogen-bond acceptors (Lipinski definition) is 5. The summed E-state index contributed by atoms with van der Waals surface area (Å²) < 4.78 is 0. The van der Waals surface area contributed by atoms with Crippen molar-refractivity contribution in [2.24, 2.45) is 0 Å². The first-order chi connectivity index (χ1) is 7.79. The Bertz CT molecular complexity index is 460. The summed E-state index contributed by atoms with van der Waals surface area (Å²) in [7, 11) is 0. The molecule has 8 heteroatoms. The molecule has 0 bridgehead atoms. The van der Waals surface area contributed by atoms with Gasteiger partial charge in [-0.2, -0.15) is 10.3 Å². The molecular weight excluding hydrogens is 210 g/mol. The Morgan fingerprint density at radius 1 is 1.50 bits per heavy atom. The highest BCUT2D eigenvalue weighted by Gasteiger charge is 2.12. The Kier molecular flexibility index (Phi) is 2.90. The maximum Gasteiger partial charge on any atom is 0.298 e. The SMILES string of the molecule is CCCc1cc(NC(=O)c2nn[nH]n2)n[nH]1. The van der Waals surface area contributed by atoms with Crippen molar-refractivity contribution in [3.63, 3.8) is 0 Å². The molecule has 0 aliphatic rings. The lowest BCUT2D eigenvalue weighted by Gasteiger charge is -1.94. The molecule has 0 aliphatic heterocycles. The van der Waals surface area contributed by atoms with E-state index in [9.17, 15) is 4.79 Å². The van der Waals surface area contributed by atoms with E-state index in [0.717, 1.165) is 18.5 Å². The van der Waals surface area contributed by atoms with Crippen molar-refractivity contribution >= 4 is 11.7 Å². The Hall–Kier alpha value is -2.25. The third kappa shape index (κ3) is 2.22. The van der Waals surface area contributed by atoms with E-state index in [1.807, 2.05) is 0 Å². The molecule has 2 heterocycles. The standard InChI is InChI=1S/C8H11N7O/c1-2-3-5-4-6(11-10-5)9-8(16)7-12-14-15-13-7/h4H,2-3H2,1H3,(H2,9,10,11,16)(H,12,13,14,15). The van der Waals surface area contributed by atoms with Crippen LogP contribution >= 0.6 is 0 Å². The highest BCUT2D eigenvalue weighted by Crippen LogP contribution is 2.07. The van der Waals surface area contributed by atoms with E-state index in [1.165, 1.54) is 0 Å². The molecule has 1 amide bonds. The van der Waals surface area contributed by atoms with Gasteiger partial charge in [-0.3, -0.25) is 9.89 Å². The number of hydrogen-bond donors (Lipinski definition) is 3. The van der Waals surface area contributed by atoms with E-state index in [2.05, 4.69) is 43.1 Å². The maximum absolute atomic E-state index is 11.5. The number of aromatic amines is 2. The fourth-order valence-electron chi connectivity index (χ4n) is 1.25. The van der Waals surface area contributed by atoms with Gasteiger partial charge in [0, 0.05) is 11.8 Å². The van der Waals surface area contributed by atoms with Crippen LogP contribution in [0.15, 0.2) is 6.07 Å². The van der Waals surface area contributed by atoms with E-state index in [1.54, 1.807) is 6.07 Å². The van der Waals surface area contributed by atoms with E-state index in [4.69, 9.17) is 0 Å². The van der Waals surface area contributed by atoms with Crippen molar-refractivity contribution in [3.8, 4) is 0 Å². The first kappa shape index (κ1) is 10.3. The minimum atomic E-state index is -0.441. The molecule has 0 fully saturated rings. The van der Waals surface area contributed by atoms with Gasteiger partial charge in [0.2, 0.25) is 0 Å². The van der Waals surface area contributed by atoms with Crippen molar-refractivity contribution in [1.82, 2.24) is 30.8 Å². The number of aromatic nitrogens is 6. The van der Waals surface area contributed by atoms with Gasteiger partial charge in [-0.25, -0.2) is 0 Å². The summed E-state index contributed by atoms with van der Waals surface area (Å²) in [5.41, 5.74) is 0.978. The average molecular weight is 221 g/mol. The van der Waals surface area contributed by atoms with Crippen LogP contribution in [0, 0.1) is 0 Å². The first-order valence-electron chi connectivity index (χ1n) is 4.88. The van der Waals surface area contributed by atoms with Gasteiger partial charge >= 0.3 is 0 Å². The predicted octanol–water partition coefficient (Wildman–Crippen LogP) is 0.128. The van der Waals surface area contributed by atoms with E-state index < -0.39 is 5.91 Å². The third-order valence-corrected chi connectivity index (χ3v) is 1.94. The number of nitrogens with one attached hydrogen (secondary N) is 3. The van der Waals surface area contributed by atoms with Crippen molar-refractivity contribution in [2.45, 2.75) is 19.8 Å². The Morgan fingerprint density at radius 3 is 3.06 bits per heavy atom. The monoisotopic (exact) mass is 221 g/mol.